The summed E-state index contributed by atoms with van der Waals surface area (Å²) in [5.74, 6) is -0.357. The number of fused-ring (bicyclic) bond motifs is 2. The second-order valence-corrected chi connectivity index (χ2v) is 3.45. The van der Waals surface area contributed by atoms with Gasteiger partial charge in [0.15, 0.2) is 5.79 Å². The molecule has 0 aromatic carbocycles. The van der Waals surface area contributed by atoms with Crippen molar-refractivity contribution >= 4 is 0 Å². The minimum Gasteiger partial charge on any atom is -0.392 e. The molecule has 0 unspecified atom stereocenters. The lowest BCUT2D eigenvalue weighted by atomic mass is 10.0. The molecule has 2 bridgehead atoms. The molecule has 0 spiro atoms. The molecule has 2 aliphatic rings. The first kappa shape index (κ1) is 8.23. The smallest absolute Gasteiger partial charge is 0.182 e. The summed E-state index contributed by atoms with van der Waals surface area (Å²) < 4.78 is 10.7. The summed E-state index contributed by atoms with van der Waals surface area (Å²) in [6.07, 6.45) is 4.51. The lowest BCUT2D eigenvalue weighted by Gasteiger charge is -2.31. The van der Waals surface area contributed by atoms with Gasteiger partial charge in [-0.1, -0.05) is 12.2 Å². The minimum absolute atomic E-state index is 0.0116. The molecule has 3 nitrogen and oxygen atoms in total. The molecular formula is C9H14O3. The van der Waals surface area contributed by atoms with Crippen molar-refractivity contribution in [3.05, 3.63) is 12.2 Å². The quantitative estimate of drug-likeness (QED) is 0.485. The zero-order valence-corrected chi connectivity index (χ0v) is 7.36. The highest BCUT2D eigenvalue weighted by Gasteiger charge is 2.57. The van der Waals surface area contributed by atoms with Crippen LogP contribution in [0.3, 0.4) is 0 Å². The van der Waals surface area contributed by atoms with Gasteiger partial charge in [0.2, 0.25) is 0 Å². The average Bonchev–Trinajstić information content (AvgIpc) is 2.56. The fraction of sp³-hybridized carbons (Fsp3) is 0.778. The fourth-order valence-corrected chi connectivity index (χ4v) is 2.47. The van der Waals surface area contributed by atoms with Crippen LogP contribution in [0.4, 0.5) is 0 Å². The molecule has 3 heteroatoms. The van der Waals surface area contributed by atoms with Crippen LogP contribution in [0.5, 0.6) is 0 Å². The first-order valence-corrected chi connectivity index (χ1v) is 4.21. The largest absolute Gasteiger partial charge is 0.392 e. The predicted octanol–water partition coefficient (Wildman–Crippen LogP) is 0.542. The second kappa shape index (κ2) is 2.55. The maximum atomic E-state index is 9.61. The van der Waals surface area contributed by atoms with Crippen molar-refractivity contribution in [3.8, 4) is 0 Å². The second-order valence-electron chi connectivity index (χ2n) is 3.45. The third-order valence-corrected chi connectivity index (χ3v) is 3.08. The van der Waals surface area contributed by atoms with Gasteiger partial charge in [-0.25, -0.2) is 0 Å². The van der Waals surface area contributed by atoms with E-state index in [2.05, 4.69) is 6.08 Å². The summed E-state index contributed by atoms with van der Waals surface area (Å²) in [5, 5.41) is 9.61. The SMILES string of the molecule is COC1(OC)[C@H]2C=C[C@H]1[C@@H](O)C2. The number of aliphatic hydroxyl groups is 1. The molecule has 0 amide bonds. The standard InChI is InChI=1S/C9H14O3/c1-11-9(12-2)6-3-4-7(9)8(10)5-6/h3-4,6-8,10H,5H2,1-2H3/t6-,7-,8-/m0/s1. The molecule has 12 heavy (non-hydrogen) atoms. The molecule has 0 heterocycles. The van der Waals surface area contributed by atoms with Crippen LogP contribution in [-0.4, -0.2) is 31.2 Å². The van der Waals surface area contributed by atoms with E-state index in [-0.39, 0.29) is 17.9 Å². The van der Waals surface area contributed by atoms with Gasteiger partial charge in [0.1, 0.15) is 0 Å². The normalized spacial score (nSPS) is 42.4. The molecule has 0 aromatic heterocycles. The van der Waals surface area contributed by atoms with Gasteiger partial charge in [-0.15, -0.1) is 0 Å². The third-order valence-electron chi connectivity index (χ3n) is 3.08. The zero-order chi connectivity index (χ0) is 8.77. The Morgan fingerprint density at radius 3 is 2.25 bits per heavy atom. The van der Waals surface area contributed by atoms with Gasteiger partial charge in [-0.2, -0.15) is 0 Å². The zero-order valence-electron chi connectivity index (χ0n) is 7.36. The van der Waals surface area contributed by atoms with E-state index in [0.29, 0.717) is 0 Å². The molecule has 1 fully saturated rings. The van der Waals surface area contributed by atoms with Gasteiger partial charge in [0.05, 0.1) is 12.0 Å². The van der Waals surface area contributed by atoms with Gasteiger partial charge in [-0.05, 0) is 6.42 Å². The molecule has 0 radical (unpaired) electrons. The van der Waals surface area contributed by atoms with E-state index < -0.39 is 5.79 Å². The van der Waals surface area contributed by atoms with E-state index in [9.17, 15) is 5.11 Å². The number of hydrogen-bond acceptors (Lipinski definition) is 3. The summed E-state index contributed by atoms with van der Waals surface area (Å²) in [6, 6.07) is 0. The van der Waals surface area contributed by atoms with E-state index in [1.807, 2.05) is 6.08 Å². The minimum atomic E-state index is -0.584. The Labute approximate surface area is 72.0 Å². The van der Waals surface area contributed by atoms with Crippen LogP contribution in [0.15, 0.2) is 12.2 Å². The Balaban J connectivity index is 2.30. The average molecular weight is 170 g/mol. The molecule has 2 rings (SSSR count). The van der Waals surface area contributed by atoms with Crippen molar-refractivity contribution in [2.24, 2.45) is 11.8 Å². The maximum absolute atomic E-state index is 9.61. The summed E-state index contributed by atoms with van der Waals surface area (Å²) in [6.45, 7) is 0. The molecule has 0 aliphatic heterocycles. The topological polar surface area (TPSA) is 38.7 Å². The lowest BCUT2D eigenvalue weighted by Crippen LogP contribution is -2.41. The lowest BCUT2D eigenvalue weighted by molar-refractivity contribution is -0.234. The summed E-state index contributed by atoms with van der Waals surface area (Å²) in [7, 11) is 3.27. The van der Waals surface area contributed by atoms with E-state index in [4.69, 9.17) is 9.47 Å². The first-order valence-electron chi connectivity index (χ1n) is 4.21. The molecule has 0 saturated heterocycles. The number of ether oxygens (including phenoxy) is 2. The van der Waals surface area contributed by atoms with Gasteiger partial charge < -0.3 is 14.6 Å². The van der Waals surface area contributed by atoms with Crippen molar-refractivity contribution in [1.82, 2.24) is 0 Å². The van der Waals surface area contributed by atoms with Crippen LogP contribution >= 0.6 is 0 Å². The highest BCUT2D eigenvalue weighted by molar-refractivity contribution is 5.20. The molecule has 0 aromatic rings. The Kier molecular flexibility index (Phi) is 1.75. The van der Waals surface area contributed by atoms with Gasteiger partial charge in [0, 0.05) is 20.1 Å². The molecular weight excluding hydrogens is 156 g/mol. The van der Waals surface area contributed by atoms with Crippen molar-refractivity contribution in [2.75, 3.05) is 14.2 Å². The number of rotatable bonds is 2. The van der Waals surface area contributed by atoms with Crippen LogP contribution in [0.2, 0.25) is 0 Å². The van der Waals surface area contributed by atoms with Crippen molar-refractivity contribution in [1.29, 1.82) is 0 Å². The Hall–Kier alpha value is -0.380. The summed E-state index contributed by atoms with van der Waals surface area (Å²) >= 11 is 0. The van der Waals surface area contributed by atoms with Crippen molar-refractivity contribution in [2.45, 2.75) is 18.3 Å². The Bertz CT molecular complexity index is 208. The maximum Gasteiger partial charge on any atom is 0.182 e. The van der Waals surface area contributed by atoms with Crippen LogP contribution in [0.1, 0.15) is 6.42 Å². The first-order chi connectivity index (χ1) is 5.74. The molecule has 1 N–H and O–H groups in total. The third kappa shape index (κ3) is 0.762. The molecule has 2 aliphatic carbocycles. The van der Waals surface area contributed by atoms with Crippen LogP contribution < -0.4 is 0 Å². The Morgan fingerprint density at radius 2 is 2.00 bits per heavy atom. The number of aliphatic hydroxyl groups excluding tert-OH is 1. The van der Waals surface area contributed by atoms with Crippen LogP contribution in [0.25, 0.3) is 0 Å². The van der Waals surface area contributed by atoms with Gasteiger partial charge in [0.25, 0.3) is 0 Å². The summed E-state index contributed by atoms with van der Waals surface area (Å²) in [5.41, 5.74) is 0. The van der Waals surface area contributed by atoms with Crippen LogP contribution in [-0.2, 0) is 9.47 Å². The number of methoxy groups -OCH3 is 2. The fourth-order valence-electron chi connectivity index (χ4n) is 2.47. The van der Waals surface area contributed by atoms with Crippen molar-refractivity contribution in [3.63, 3.8) is 0 Å². The highest BCUT2D eigenvalue weighted by Crippen LogP contribution is 2.49. The Morgan fingerprint density at radius 1 is 1.33 bits per heavy atom. The molecule has 3 atom stereocenters. The van der Waals surface area contributed by atoms with E-state index in [1.54, 1.807) is 14.2 Å². The van der Waals surface area contributed by atoms with Crippen LogP contribution in [0, 0.1) is 11.8 Å². The monoisotopic (exact) mass is 170 g/mol. The van der Waals surface area contributed by atoms with E-state index in [1.165, 1.54) is 0 Å². The van der Waals surface area contributed by atoms with E-state index in [0.717, 1.165) is 6.42 Å². The predicted molar refractivity (Wildman–Crippen MR) is 43.5 cm³/mol. The highest BCUT2D eigenvalue weighted by atomic mass is 16.7. The van der Waals surface area contributed by atoms with E-state index >= 15 is 0 Å². The molecule has 68 valence electrons. The summed E-state index contributed by atoms with van der Waals surface area (Å²) in [4.78, 5) is 0. The molecule has 1 saturated carbocycles. The van der Waals surface area contributed by atoms with Crippen molar-refractivity contribution < 1.29 is 14.6 Å². The number of hydrogen-bond donors (Lipinski definition) is 1. The van der Waals surface area contributed by atoms with Gasteiger partial charge in [-0.3, -0.25) is 0 Å². The van der Waals surface area contributed by atoms with Gasteiger partial charge >= 0.3 is 0 Å².